The van der Waals surface area contributed by atoms with Crippen molar-refractivity contribution >= 4 is 23.4 Å². The summed E-state index contributed by atoms with van der Waals surface area (Å²) in [5, 5.41) is 3.00. The first-order valence-corrected chi connectivity index (χ1v) is 4.31. The van der Waals surface area contributed by atoms with Crippen molar-refractivity contribution < 1.29 is 9.53 Å². The Bertz CT molecular complexity index is 339. The molecule has 0 bridgehead atoms. The Labute approximate surface area is 87.3 Å². The molecule has 0 saturated carbocycles. The Morgan fingerprint density at radius 2 is 2.50 bits per heavy atom. The van der Waals surface area contributed by atoms with Crippen molar-refractivity contribution in [2.75, 3.05) is 11.9 Å². The fraction of sp³-hybridized carbons (Fsp3) is 0.100. The topological polar surface area (TPSA) is 38.3 Å². The second-order valence-electron chi connectivity index (χ2n) is 2.45. The van der Waals surface area contributed by atoms with Gasteiger partial charge in [0, 0.05) is 10.7 Å². The molecule has 3 nitrogen and oxygen atoms in total. The van der Waals surface area contributed by atoms with Crippen LogP contribution in [0.3, 0.4) is 0 Å². The number of rotatable bonds is 3. The number of carbonyl (C=O) groups is 1. The van der Waals surface area contributed by atoms with E-state index in [4.69, 9.17) is 16.3 Å². The van der Waals surface area contributed by atoms with Gasteiger partial charge < -0.3 is 4.74 Å². The fourth-order valence-electron chi connectivity index (χ4n) is 0.804. The monoisotopic (exact) mass is 210 g/mol. The van der Waals surface area contributed by atoms with Crippen LogP contribution in [0.4, 0.5) is 10.5 Å². The maximum absolute atomic E-state index is 11.0. The molecule has 0 fully saturated rings. The molecule has 4 heteroatoms. The van der Waals surface area contributed by atoms with Crippen LogP contribution in [0, 0.1) is 6.07 Å². The molecule has 0 unspecified atom stereocenters. The standard InChI is InChI=1S/C10H9ClNO2/c1-2-6-14-10(13)12-9-5-3-4-8(11)7-9/h2,4-5,7H,1,6H2,(H,12,13). The van der Waals surface area contributed by atoms with E-state index in [-0.39, 0.29) is 6.61 Å². The molecule has 73 valence electrons. The van der Waals surface area contributed by atoms with Gasteiger partial charge in [-0.05, 0) is 24.3 Å². The molecule has 1 amide bonds. The Kier molecular flexibility index (Phi) is 4.01. The zero-order valence-corrected chi connectivity index (χ0v) is 8.17. The van der Waals surface area contributed by atoms with E-state index in [1.807, 2.05) is 0 Å². The number of anilines is 1. The van der Waals surface area contributed by atoms with Crippen LogP contribution < -0.4 is 5.32 Å². The number of ether oxygens (including phenoxy) is 1. The van der Waals surface area contributed by atoms with Crippen molar-refractivity contribution in [3.05, 3.63) is 41.9 Å². The summed E-state index contributed by atoms with van der Waals surface area (Å²) in [5.41, 5.74) is 0.548. The second kappa shape index (κ2) is 5.29. The summed E-state index contributed by atoms with van der Waals surface area (Å²) in [6.45, 7) is 3.60. The van der Waals surface area contributed by atoms with Gasteiger partial charge in [-0.3, -0.25) is 5.32 Å². The zero-order valence-electron chi connectivity index (χ0n) is 7.42. The van der Waals surface area contributed by atoms with Crippen molar-refractivity contribution in [1.29, 1.82) is 0 Å². The molecule has 0 aliphatic carbocycles. The maximum Gasteiger partial charge on any atom is 0.411 e. The van der Waals surface area contributed by atoms with E-state index in [9.17, 15) is 4.79 Å². The van der Waals surface area contributed by atoms with Crippen molar-refractivity contribution in [2.24, 2.45) is 0 Å². The Hall–Kier alpha value is -1.48. The summed E-state index contributed by atoms with van der Waals surface area (Å²) in [4.78, 5) is 11.0. The average molecular weight is 211 g/mol. The highest BCUT2D eigenvalue weighted by atomic mass is 35.5. The van der Waals surface area contributed by atoms with Gasteiger partial charge in [-0.1, -0.05) is 24.3 Å². The van der Waals surface area contributed by atoms with Gasteiger partial charge in [-0.2, -0.15) is 0 Å². The third-order valence-corrected chi connectivity index (χ3v) is 1.55. The highest BCUT2D eigenvalue weighted by Gasteiger charge is 2.01. The highest BCUT2D eigenvalue weighted by Crippen LogP contribution is 2.14. The number of carbonyl (C=O) groups excluding carboxylic acids is 1. The molecule has 1 radical (unpaired) electrons. The first-order chi connectivity index (χ1) is 6.72. The van der Waals surface area contributed by atoms with E-state index in [1.54, 1.807) is 18.2 Å². The van der Waals surface area contributed by atoms with Gasteiger partial charge in [-0.15, -0.1) is 0 Å². The van der Waals surface area contributed by atoms with Crippen LogP contribution in [0.2, 0.25) is 5.02 Å². The van der Waals surface area contributed by atoms with Crippen LogP contribution in [-0.4, -0.2) is 12.7 Å². The largest absolute Gasteiger partial charge is 0.445 e. The number of halogens is 1. The Morgan fingerprint density at radius 1 is 1.71 bits per heavy atom. The van der Waals surface area contributed by atoms with Gasteiger partial charge in [0.1, 0.15) is 6.61 Å². The lowest BCUT2D eigenvalue weighted by atomic mass is 10.3. The van der Waals surface area contributed by atoms with Gasteiger partial charge in [0.05, 0.1) is 0 Å². The van der Waals surface area contributed by atoms with E-state index in [1.165, 1.54) is 6.08 Å². The van der Waals surface area contributed by atoms with Gasteiger partial charge >= 0.3 is 6.09 Å². The molecule has 0 aliphatic heterocycles. The minimum Gasteiger partial charge on any atom is -0.445 e. The van der Waals surface area contributed by atoms with Crippen molar-refractivity contribution in [2.45, 2.75) is 0 Å². The average Bonchev–Trinajstić information content (AvgIpc) is 2.15. The lowest BCUT2D eigenvalue weighted by Gasteiger charge is -2.04. The van der Waals surface area contributed by atoms with Crippen molar-refractivity contribution in [3.63, 3.8) is 0 Å². The first-order valence-electron chi connectivity index (χ1n) is 3.93. The molecule has 1 aromatic carbocycles. The maximum atomic E-state index is 11.0. The summed E-state index contributed by atoms with van der Waals surface area (Å²) >= 11 is 5.69. The molecule has 0 aromatic heterocycles. The van der Waals surface area contributed by atoms with Crippen LogP contribution in [0.5, 0.6) is 0 Å². The van der Waals surface area contributed by atoms with Gasteiger partial charge in [0.15, 0.2) is 0 Å². The first kappa shape index (κ1) is 10.6. The SMILES string of the molecule is C=CCOC(=O)Nc1c[c]cc(Cl)c1. The molecule has 0 atom stereocenters. The second-order valence-corrected chi connectivity index (χ2v) is 2.89. The van der Waals surface area contributed by atoms with E-state index in [2.05, 4.69) is 18.0 Å². The van der Waals surface area contributed by atoms with Crippen LogP contribution in [0.15, 0.2) is 30.9 Å². The lowest BCUT2D eigenvalue weighted by molar-refractivity contribution is 0.174. The lowest BCUT2D eigenvalue weighted by Crippen LogP contribution is -2.13. The molecule has 1 rings (SSSR count). The zero-order chi connectivity index (χ0) is 10.4. The number of hydrogen-bond donors (Lipinski definition) is 1. The van der Waals surface area contributed by atoms with Crippen LogP contribution in [0.1, 0.15) is 0 Å². The minimum atomic E-state index is -0.541. The highest BCUT2D eigenvalue weighted by molar-refractivity contribution is 6.30. The molecule has 1 aromatic rings. The molecule has 0 aliphatic rings. The third kappa shape index (κ3) is 3.49. The summed E-state index contributed by atoms with van der Waals surface area (Å²) in [7, 11) is 0. The van der Waals surface area contributed by atoms with Crippen LogP contribution in [0.25, 0.3) is 0 Å². The molecular weight excluding hydrogens is 202 g/mol. The molecule has 1 N–H and O–H groups in total. The fourth-order valence-corrected chi connectivity index (χ4v) is 0.984. The van der Waals surface area contributed by atoms with Gasteiger partial charge in [-0.25, -0.2) is 4.79 Å². The van der Waals surface area contributed by atoms with Crippen molar-refractivity contribution in [1.82, 2.24) is 0 Å². The van der Waals surface area contributed by atoms with E-state index in [0.717, 1.165) is 0 Å². The van der Waals surface area contributed by atoms with E-state index >= 15 is 0 Å². The molecule has 0 heterocycles. The Balaban J connectivity index is 2.51. The molecule has 14 heavy (non-hydrogen) atoms. The number of amides is 1. The smallest absolute Gasteiger partial charge is 0.411 e. The number of nitrogens with one attached hydrogen (secondary N) is 1. The molecule has 0 saturated heterocycles. The Morgan fingerprint density at radius 3 is 3.14 bits per heavy atom. The number of benzene rings is 1. The summed E-state index contributed by atoms with van der Waals surface area (Å²) in [6, 6.07) is 7.57. The summed E-state index contributed by atoms with van der Waals surface area (Å²) in [5.74, 6) is 0. The molecular formula is C10H9ClNO2. The number of hydrogen-bond acceptors (Lipinski definition) is 2. The normalized spacial score (nSPS) is 9.21. The van der Waals surface area contributed by atoms with E-state index < -0.39 is 6.09 Å². The van der Waals surface area contributed by atoms with Crippen molar-refractivity contribution in [3.8, 4) is 0 Å². The van der Waals surface area contributed by atoms with Crippen LogP contribution in [-0.2, 0) is 4.74 Å². The van der Waals surface area contributed by atoms with E-state index in [0.29, 0.717) is 10.7 Å². The predicted molar refractivity (Wildman–Crippen MR) is 55.5 cm³/mol. The third-order valence-electron chi connectivity index (χ3n) is 1.33. The summed E-state index contributed by atoms with van der Waals surface area (Å²) in [6.07, 6.45) is 0.949. The minimum absolute atomic E-state index is 0.177. The quantitative estimate of drug-likeness (QED) is 0.780. The predicted octanol–water partition coefficient (Wildman–Crippen LogP) is 2.87. The summed E-state index contributed by atoms with van der Waals surface area (Å²) < 4.78 is 4.71. The van der Waals surface area contributed by atoms with Crippen LogP contribution >= 0.6 is 11.6 Å². The molecule has 0 spiro atoms. The van der Waals surface area contributed by atoms with Gasteiger partial charge in [0.25, 0.3) is 0 Å². The van der Waals surface area contributed by atoms with Gasteiger partial charge in [0.2, 0.25) is 0 Å².